The summed E-state index contributed by atoms with van der Waals surface area (Å²) in [5, 5.41) is 12.7. The second-order valence-corrected chi connectivity index (χ2v) is 5.38. The van der Waals surface area contributed by atoms with Gasteiger partial charge in [-0.05, 0) is 42.4 Å². The molecule has 1 aromatic carbocycles. The molecule has 3 heteroatoms. The van der Waals surface area contributed by atoms with Crippen molar-refractivity contribution >= 4 is 0 Å². The number of hydrogen-bond donors (Lipinski definition) is 2. The van der Waals surface area contributed by atoms with Crippen LogP contribution in [0.2, 0.25) is 0 Å². The van der Waals surface area contributed by atoms with E-state index in [-0.39, 0.29) is 6.61 Å². The quantitative estimate of drug-likeness (QED) is 0.806. The average molecular weight is 247 g/mol. The van der Waals surface area contributed by atoms with E-state index in [1.807, 2.05) is 0 Å². The lowest BCUT2D eigenvalue weighted by Crippen LogP contribution is -2.31. The van der Waals surface area contributed by atoms with Crippen molar-refractivity contribution in [3.05, 3.63) is 29.3 Å². The summed E-state index contributed by atoms with van der Waals surface area (Å²) < 4.78 is 5.51. The van der Waals surface area contributed by atoms with Gasteiger partial charge in [0.1, 0.15) is 5.75 Å². The average Bonchev–Trinajstić information content (AvgIpc) is 3.12. The number of rotatable bonds is 6. The van der Waals surface area contributed by atoms with Crippen molar-refractivity contribution in [2.75, 3.05) is 13.2 Å². The van der Waals surface area contributed by atoms with E-state index in [1.165, 1.54) is 24.0 Å². The Kier molecular flexibility index (Phi) is 3.52. The van der Waals surface area contributed by atoms with Crippen LogP contribution in [0.25, 0.3) is 0 Å². The maximum absolute atomic E-state index is 9.08. The number of aliphatic hydroxyl groups excluding tert-OH is 1. The lowest BCUT2D eigenvalue weighted by Gasteiger charge is -2.17. The van der Waals surface area contributed by atoms with Crippen molar-refractivity contribution in [1.29, 1.82) is 0 Å². The Morgan fingerprint density at radius 3 is 3.06 bits per heavy atom. The number of benzene rings is 1. The van der Waals surface area contributed by atoms with Crippen molar-refractivity contribution in [2.45, 2.75) is 38.3 Å². The van der Waals surface area contributed by atoms with Crippen molar-refractivity contribution in [3.8, 4) is 5.75 Å². The summed E-state index contributed by atoms with van der Waals surface area (Å²) in [7, 11) is 0. The van der Waals surface area contributed by atoms with E-state index in [1.54, 1.807) is 0 Å². The zero-order chi connectivity index (χ0) is 12.4. The van der Waals surface area contributed by atoms with Crippen molar-refractivity contribution < 1.29 is 9.84 Å². The molecule has 0 radical (unpaired) electrons. The molecule has 0 amide bonds. The minimum absolute atomic E-state index is 0.284. The summed E-state index contributed by atoms with van der Waals surface area (Å²) in [4.78, 5) is 0. The van der Waals surface area contributed by atoms with Gasteiger partial charge in [-0.25, -0.2) is 0 Å². The highest BCUT2D eigenvalue weighted by atomic mass is 16.5. The number of fused-ring (bicyclic) bond motifs is 1. The number of hydrogen-bond acceptors (Lipinski definition) is 3. The molecule has 1 fully saturated rings. The fraction of sp³-hybridized carbons (Fsp3) is 0.600. The molecule has 98 valence electrons. The fourth-order valence-corrected chi connectivity index (χ4v) is 2.74. The Balaban J connectivity index is 1.58. The van der Waals surface area contributed by atoms with Gasteiger partial charge in [0.05, 0.1) is 6.61 Å². The molecule has 2 aliphatic rings. The molecule has 1 aliphatic heterocycles. The maximum Gasteiger partial charge on any atom is 0.122 e. The molecule has 18 heavy (non-hydrogen) atoms. The van der Waals surface area contributed by atoms with E-state index >= 15 is 0 Å². The topological polar surface area (TPSA) is 41.5 Å². The molecule has 0 bridgehead atoms. The molecule has 1 saturated carbocycles. The molecule has 1 unspecified atom stereocenters. The smallest absolute Gasteiger partial charge is 0.122 e. The van der Waals surface area contributed by atoms with Crippen LogP contribution in [0.15, 0.2) is 18.2 Å². The van der Waals surface area contributed by atoms with Crippen molar-refractivity contribution in [3.63, 3.8) is 0 Å². The third-order valence-corrected chi connectivity index (χ3v) is 3.95. The summed E-state index contributed by atoms with van der Waals surface area (Å²) >= 11 is 0. The van der Waals surface area contributed by atoms with E-state index in [0.29, 0.717) is 6.04 Å². The van der Waals surface area contributed by atoms with Gasteiger partial charge in [-0.15, -0.1) is 0 Å². The summed E-state index contributed by atoms with van der Waals surface area (Å²) in [5.74, 6) is 1.84. The third-order valence-electron chi connectivity index (χ3n) is 3.95. The van der Waals surface area contributed by atoms with Gasteiger partial charge in [0.25, 0.3) is 0 Å². The first kappa shape index (κ1) is 12.0. The van der Waals surface area contributed by atoms with Gasteiger partial charge < -0.3 is 15.2 Å². The van der Waals surface area contributed by atoms with E-state index in [2.05, 4.69) is 23.5 Å². The summed E-state index contributed by atoms with van der Waals surface area (Å²) in [6.07, 6.45) is 4.54. The monoisotopic (exact) mass is 247 g/mol. The number of ether oxygens (including phenoxy) is 1. The predicted octanol–water partition coefficient (Wildman–Crippen LogP) is 1.87. The highest BCUT2D eigenvalue weighted by Gasteiger charge is 2.30. The van der Waals surface area contributed by atoms with E-state index in [9.17, 15) is 0 Å². The van der Waals surface area contributed by atoms with Crippen LogP contribution in [0, 0.1) is 5.92 Å². The predicted molar refractivity (Wildman–Crippen MR) is 70.7 cm³/mol. The van der Waals surface area contributed by atoms with Crippen LogP contribution in [0.5, 0.6) is 5.75 Å². The molecule has 0 spiro atoms. The van der Waals surface area contributed by atoms with Gasteiger partial charge in [-0.1, -0.05) is 12.1 Å². The second-order valence-electron chi connectivity index (χ2n) is 5.38. The molecule has 2 N–H and O–H groups in total. The molecule has 0 aromatic heterocycles. The largest absolute Gasteiger partial charge is 0.493 e. The first-order valence-corrected chi connectivity index (χ1v) is 6.95. The van der Waals surface area contributed by atoms with Gasteiger partial charge in [-0.2, -0.15) is 0 Å². The number of aliphatic hydroxyl groups is 1. The molecule has 1 aliphatic carbocycles. The first-order chi connectivity index (χ1) is 8.86. The maximum atomic E-state index is 9.08. The SMILES string of the molecule is OCCC(NCc1ccc2c(c1)CCO2)C1CC1. The van der Waals surface area contributed by atoms with Gasteiger partial charge >= 0.3 is 0 Å². The highest BCUT2D eigenvalue weighted by Crippen LogP contribution is 2.34. The Morgan fingerprint density at radius 1 is 1.39 bits per heavy atom. The fourth-order valence-electron chi connectivity index (χ4n) is 2.74. The van der Waals surface area contributed by atoms with E-state index in [0.717, 1.165) is 37.7 Å². The Labute approximate surface area is 108 Å². The highest BCUT2D eigenvalue weighted by molar-refractivity contribution is 5.39. The normalized spacial score (nSPS) is 19.4. The third kappa shape index (κ3) is 2.68. The second kappa shape index (κ2) is 5.29. The molecule has 1 heterocycles. The molecule has 3 rings (SSSR count). The van der Waals surface area contributed by atoms with Crippen LogP contribution in [0.4, 0.5) is 0 Å². The molecule has 1 aromatic rings. The van der Waals surface area contributed by atoms with Crippen molar-refractivity contribution in [2.24, 2.45) is 5.92 Å². The van der Waals surface area contributed by atoms with Gasteiger partial charge in [0.15, 0.2) is 0 Å². The van der Waals surface area contributed by atoms with Gasteiger partial charge in [0, 0.05) is 25.6 Å². The molecule has 0 saturated heterocycles. The first-order valence-electron chi connectivity index (χ1n) is 6.95. The van der Waals surface area contributed by atoms with Crippen LogP contribution < -0.4 is 10.1 Å². The molecule has 1 atom stereocenters. The zero-order valence-corrected chi connectivity index (χ0v) is 10.7. The lowest BCUT2D eigenvalue weighted by molar-refractivity contribution is 0.256. The lowest BCUT2D eigenvalue weighted by atomic mass is 10.1. The minimum Gasteiger partial charge on any atom is -0.493 e. The minimum atomic E-state index is 0.284. The number of nitrogens with one attached hydrogen (secondary N) is 1. The van der Waals surface area contributed by atoms with E-state index < -0.39 is 0 Å². The van der Waals surface area contributed by atoms with Crippen molar-refractivity contribution in [1.82, 2.24) is 5.32 Å². The van der Waals surface area contributed by atoms with Gasteiger partial charge in [-0.3, -0.25) is 0 Å². The molecular weight excluding hydrogens is 226 g/mol. The van der Waals surface area contributed by atoms with Gasteiger partial charge in [0.2, 0.25) is 0 Å². The summed E-state index contributed by atoms with van der Waals surface area (Å²) in [5.41, 5.74) is 2.65. The van der Waals surface area contributed by atoms with Crippen LogP contribution in [-0.2, 0) is 13.0 Å². The van der Waals surface area contributed by atoms with E-state index in [4.69, 9.17) is 9.84 Å². The molecular formula is C15H21NO2. The molecule has 3 nitrogen and oxygen atoms in total. The van der Waals surface area contributed by atoms with Crippen LogP contribution in [0.3, 0.4) is 0 Å². The zero-order valence-electron chi connectivity index (χ0n) is 10.7. The standard InChI is InChI=1S/C15H21NO2/c17-7-5-14(12-2-3-12)16-10-11-1-4-15-13(9-11)6-8-18-15/h1,4,9,12,14,16-17H,2-3,5-8,10H2. The Bertz CT molecular complexity index is 415. The summed E-state index contributed by atoms with van der Waals surface area (Å²) in [6.45, 7) is 2.00. The summed E-state index contributed by atoms with van der Waals surface area (Å²) in [6, 6.07) is 6.95. The van der Waals surface area contributed by atoms with Crippen LogP contribution in [-0.4, -0.2) is 24.4 Å². The Hall–Kier alpha value is -1.06. The van der Waals surface area contributed by atoms with Crippen LogP contribution >= 0.6 is 0 Å². The van der Waals surface area contributed by atoms with Crippen LogP contribution in [0.1, 0.15) is 30.4 Å². The Morgan fingerprint density at radius 2 is 2.28 bits per heavy atom.